The van der Waals surface area contributed by atoms with E-state index in [4.69, 9.17) is 11.6 Å². The normalized spacial score (nSPS) is 9.76. The molecule has 0 radical (unpaired) electrons. The molecule has 0 N–H and O–H groups in total. The number of benzene rings is 3. The van der Waals surface area contributed by atoms with Gasteiger partial charge in [0.05, 0.1) is 0 Å². The van der Waals surface area contributed by atoms with E-state index in [1.807, 2.05) is 60.7 Å². The zero-order chi connectivity index (χ0) is 13.8. The average Bonchev–Trinajstić information content (AvgIpc) is 2.52. The van der Waals surface area contributed by atoms with Crippen LogP contribution in [0, 0.1) is 0 Å². The third kappa shape index (κ3) is 3.57. The van der Waals surface area contributed by atoms with Gasteiger partial charge in [-0.1, -0.05) is 48.0 Å². The lowest BCUT2D eigenvalue weighted by Gasteiger charge is -2.25. The zero-order valence-corrected chi connectivity index (χ0v) is 12.9. The highest BCUT2D eigenvalue weighted by molar-refractivity contribution is 6.30. The Bertz CT molecular complexity index is 627. The van der Waals surface area contributed by atoms with Gasteiger partial charge >= 0.3 is 0 Å². The molecule has 0 aromatic heterocycles. The van der Waals surface area contributed by atoms with Crippen molar-refractivity contribution in [2.24, 2.45) is 0 Å². The van der Waals surface area contributed by atoms with Crippen molar-refractivity contribution >= 4 is 41.1 Å². The van der Waals surface area contributed by atoms with Crippen LogP contribution >= 0.6 is 24.0 Å². The fourth-order valence-electron chi connectivity index (χ4n) is 2.19. The van der Waals surface area contributed by atoms with Gasteiger partial charge in [-0.15, -0.1) is 12.4 Å². The lowest BCUT2D eigenvalue weighted by Crippen LogP contribution is -2.09. The Labute approximate surface area is 136 Å². The van der Waals surface area contributed by atoms with Gasteiger partial charge in [-0.2, -0.15) is 0 Å². The van der Waals surface area contributed by atoms with Crippen LogP contribution in [0.25, 0.3) is 0 Å². The SMILES string of the molecule is Cl.Clc1ccc(N(c2ccccc2)c2ccccc2)cc1. The molecule has 3 aromatic carbocycles. The van der Waals surface area contributed by atoms with Crippen molar-refractivity contribution in [2.75, 3.05) is 4.90 Å². The molecular weight excluding hydrogens is 301 g/mol. The lowest BCUT2D eigenvalue weighted by atomic mass is 10.2. The van der Waals surface area contributed by atoms with E-state index in [0.717, 1.165) is 22.1 Å². The van der Waals surface area contributed by atoms with Crippen LogP contribution in [0.1, 0.15) is 0 Å². The van der Waals surface area contributed by atoms with Crippen LogP contribution in [0.5, 0.6) is 0 Å². The van der Waals surface area contributed by atoms with E-state index in [2.05, 4.69) is 29.2 Å². The number of anilines is 3. The highest BCUT2D eigenvalue weighted by Gasteiger charge is 2.10. The molecule has 0 unspecified atom stereocenters. The number of nitrogens with zero attached hydrogens (tertiary/aromatic N) is 1. The van der Waals surface area contributed by atoms with E-state index in [-0.39, 0.29) is 12.4 Å². The molecule has 0 fully saturated rings. The van der Waals surface area contributed by atoms with E-state index in [1.54, 1.807) is 0 Å². The highest BCUT2D eigenvalue weighted by Crippen LogP contribution is 2.34. The van der Waals surface area contributed by atoms with Crippen LogP contribution in [-0.2, 0) is 0 Å². The molecule has 0 aliphatic carbocycles. The predicted molar refractivity (Wildman–Crippen MR) is 93.4 cm³/mol. The van der Waals surface area contributed by atoms with Crippen LogP contribution in [-0.4, -0.2) is 0 Å². The van der Waals surface area contributed by atoms with Crippen molar-refractivity contribution in [1.29, 1.82) is 0 Å². The summed E-state index contributed by atoms with van der Waals surface area (Å²) in [6.45, 7) is 0. The highest BCUT2D eigenvalue weighted by atomic mass is 35.5. The van der Waals surface area contributed by atoms with Gasteiger partial charge in [-0.05, 0) is 48.5 Å². The van der Waals surface area contributed by atoms with Gasteiger partial charge in [-0.25, -0.2) is 0 Å². The fraction of sp³-hybridized carbons (Fsp3) is 0. The third-order valence-electron chi connectivity index (χ3n) is 3.11. The Hall–Kier alpha value is -1.96. The molecule has 3 heteroatoms. The molecule has 0 heterocycles. The van der Waals surface area contributed by atoms with E-state index >= 15 is 0 Å². The van der Waals surface area contributed by atoms with E-state index in [0.29, 0.717) is 0 Å². The van der Waals surface area contributed by atoms with E-state index in [1.165, 1.54) is 0 Å². The minimum atomic E-state index is 0. The quantitative estimate of drug-likeness (QED) is 0.553. The monoisotopic (exact) mass is 315 g/mol. The molecular formula is C18H15Cl2N. The van der Waals surface area contributed by atoms with E-state index in [9.17, 15) is 0 Å². The number of para-hydroxylation sites is 2. The van der Waals surface area contributed by atoms with Gasteiger partial charge in [0, 0.05) is 22.1 Å². The Balaban J connectivity index is 0.00000161. The summed E-state index contributed by atoms with van der Waals surface area (Å²) in [5.74, 6) is 0. The molecule has 0 saturated heterocycles. The molecule has 0 atom stereocenters. The first kappa shape index (κ1) is 15.4. The van der Waals surface area contributed by atoms with Crippen molar-refractivity contribution < 1.29 is 0 Å². The second-order valence-electron chi connectivity index (χ2n) is 4.48. The van der Waals surface area contributed by atoms with Gasteiger partial charge in [-0.3, -0.25) is 0 Å². The zero-order valence-electron chi connectivity index (χ0n) is 11.3. The second-order valence-corrected chi connectivity index (χ2v) is 4.92. The molecule has 1 nitrogen and oxygen atoms in total. The summed E-state index contributed by atoms with van der Waals surface area (Å²) in [6.07, 6.45) is 0. The van der Waals surface area contributed by atoms with Crippen molar-refractivity contribution in [3.8, 4) is 0 Å². The summed E-state index contributed by atoms with van der Waals surface area (Å²) in [6, 6.07) is 28.5. The van der Waals surface area contributed by atoms with Crippen LogP contribution in [0.15, 0.2) is 84.9 Å². The first-order valence-corrected chi connectivity index (χ1v) is 6.88. The topological polar surface area (TPSA) is 3.24 Å². The molecule has 106 valence electrons. The summed E-state index contributed by atoms with van der Waals surface area (Å²) in [4.78, 5) is 2.20. The lowest BCUT2D eigenvalue weighted by molar-refractivity contribution is 1.28. The summed E-state index contributed by atoms with van der Waals surface area (Å²) in [7, 11) is 0. The average molecular weight is 316 g/mol. The van der Waals surface area contributed by atoms with Crippen LogP contribution < -0.4 is 4.90 Å². The summed E-state index contributed by atoms with van der Waals surface area (Å²) >= 11 is 5.99. The maximum absolute atomic E-state index is 5.99. The van der Waals surface area contributed by atoms with Crippen LogP contribution in [0.2, 0.25) is 5.02 Å². The first-order chi connectivity index (χ1) is 9.84. The van der Waals surface area contributed by atoms with Crippen molar-refractivity contribution in [3.63, 3.8) is 0 Å². The smallest absolute Gasteiger partial charge is 0.0462 e. The molecule has 21 heavy (non-hydrogen) atoms. The van der Waals surface area contributed by atoms with Crippen molar-refractivity contribution in [1.82, 2.24) is 0 Å². The molecule has 0 spiro atoms. The van der Waals surface area contributed by atoms with Gasteiger partial charge in [0.1, 0.15) is 0 Å². The summed E-state index contributed by atoms with van der Waals surface area (Å²) in [5, 5.41) is 0.745. The van der Waals surface area contributed by atoms with Gasteiger partial charge in [0.15, 0.2) is 0 Å². The minimum absolute atomic E-state index is 0. The molecule has 3 rings (SSSR count). The number of hydrogen-bond acceptors (Lipinski definition) is 1. The maximum atomic E-state index is 5.99. The fourth-order valence-corrected chi connectivity index (χ4v) is 2.32. The molecule has 0 aliphatic rings. The summed E-state index contributed by atoms with van der Waals surface area (Å²) in [5.41, 5.74) is 3.34. The van der Waals surface area contributed by atoms with Gasteiger partial charge in [0.25, 0.3) is 0 Å². The second kappa shape index (κ2) is 7.16. The number of halogens is 2. The Morgan fingerprint density at radius 1 is 0.524 bits per heavy atom. The third-order valence-corrected chi connectivity index (χ3v) is 3.37. The first-order valence-electron chi connectivity index (χ1n) is 6.50. The Kier molecular flexibility index (Phi) is 5.26. The Morgan fingerprint density at radius 2 is 0.905 bits per heavy atom. The minimum Gasteiger partial charge on any atom is -0.311 e. The number of hydrogen-bond donors (Lipinski definition) is 0. The van der Waals surface area contributed by atoms with Crippen molar-refractivity contribution in [2.45, 2.75) is 0 Å². The number of rotatable bonds is 3. The molecule has 0 amide bonds. The molecule has 0 bridgehead atoms. The largest absolute Gasteiger partial charge is 0.311 e. The Morgan fingerprint density at radius 3 is 1.33 bits per heavy atom. The standard InChI is InChI=1S/C18H14ClN.ClH/c19-15-11-13-18(14-12-15)20(16-7-3-1-4-8-16)17-9-5-2-6-10-17;/h1-14H;1H. The summed E-state index contributed by atoms with van der Waals surface area (Å²) < 4.78 is 0. The maximum Gasteiger partial charge on any atom is 0.0462 e. The molecule has 0 saturated carbocycles. The van der Waals surface area contributed by atoms with E-state index < -0.39 is 0 Å². The molecule has 0 aliphatic heterocycles. The molecule has 3 aromatic rings. The van der Waals surface area contributed by atoms with Gasteiger partial charge < -0.3 is 4.90 Å². The van der Waals surface area contributed by atoms with Crippen LogP contribution in [0.3, 0.4) is 0 Å². The van der Waals surface area contributed by atoms with Gasteiger partial charge in [0.2, 0.25) is 0 Å². The van der Waals surface area contributed by atoms with Crippen LogP contribution in [0.4, 0.5) is 17.1 Å². The van der Waals surface area contributed by atoms with Crippen molar-refractivity contribution in [3.05, 3.63) is 90.0 Å². The predicted octanol–water partition coefficient (Wildman–Crippen LogP) is 6.23.